The number of thioether (sulfide) groups is 1. The monoisotopic (exact) mass is 355 g/mol. The first kappa shape index (κ1) is 17.5. The minimum Gasteiger partial charge on any atom is -0.494 e. The normalized spacial score (nSPS) is 13.6. The largest absolute Gasteiger partial charge is 0.494 e. The summed E-state index contributed by atoms with van der Waals surface area (Å²) >= 11 is 1.59. The topological polar surface area (TPSA) is 54.8 Å². The fourth-order valence-corrected chi connectivity index (χ4v) is 3.55. The van der Waals surface area contributed by atoms with E-state index in [1.54, 1.807) is 22.9 Å². The van der Waals surface area contributed by atoms with E-state index in [9.17, 15) is 4.79 Å². The first-order valence-electron chi connectivity index (χ1n) is 8.34. The van der Waals surface area contributed by atoms with Crippen molar-refractivity contribution in [3.8, 4) is 5.75 Å². The standard InChI is InChI=1S/C19H21N3O2S/c1-2-24-17-7-5-15(6-8-17)12-18(23)22-11-10-21-19(22)25-14-16-4-3-9-20-13-16/h3-9,13H,2,10-12,14H2,1H3. The van der Waals surface area contributed by atoms with Crippen LogP contribution in [0, 0.1) is 0 Å². The van der Waals surface area contributed by atoms with Gasteiger partial charge in [-0.3, -0.25) is 19.7 Å². The maximum absolute atomic E-state index is 12.6. The summed E-state index contributed by atoms with van der Waals surface area (Å²) in [7, 11) is 0. The van der Waals surface area contributed by atoms with Crippen LogP contribution in [0.4, 0.5) is 0 Å². The van der Waals surface area contributed by atoms with Crippen molar-refractivity contribution >= 4 is 22.8 Å². The summed E-state index contributed by atoms with van der Waals surface area (Å²) in [6.45, 7) is 3.92. The van der Waals surface area contributed by atoms with E-state index >= 15 is 0 Å². The molecular formula is C19H21N3O2S. The fourth-order valence-electron chi connectivity index (χ4n) is 2.55. The Morgan fingerprint density at radius 2 is 2.08 bits per heavy atom. The lowest BCUT2D eigenvalue weighted by atomic mass is 10.1. The molecule has 0 N–H and O–H groups in total. The smallest absolute Gasteiger partial charge is 0.233 e. The molecule has 6 heteroatoms. The number of carbonyl (C=O) groups is 1. The fraction of sp³-hybridized carbons (Fsp3) is 0.316. The first-order chi connectivity index (χ1) is 12.3. The van der Waals surface area contributed by atoms with Crippen LogP contribution in [0.5, 0.6) is 5.75 Å². The highest BCUT2D eigenvalue weighted by atomic mass is 32.2. The van der Waals surface area contributed by atoms with E-state index in [-0.39, 0.29) is 5.91 Å². The molecular weight excluding hydrogens is 334 g/mol. The van der Waals surface area contributed by atoms with E-state index in [2.05, 4.69) is 9.98 Å². The number of amidine groups is 1. The predicted octanol–water partition coefficient (Wildman–Crippen LogP) is 3.15. The van der Waals surface area contributed by atoms with Gasteiger partial charge in [0.2, 0.25) is 5.91 Å². The van der Waals surface area contributed by atoms with Gasteiger partial charge in [-0.15, -0.1) is 0 Å². The number of hydrogen-bond acceptors (Lipinski definition) is 5. The maximum atomic E-state index is 12.6. The van der Waals surface area contributed by atoms with E-state index in [0.29, 0.717) is 26.1 Å². The van der Waals surface area contributed by atoms with Crippen LogP contribution >= 0.6 is 11.8 Å². The SMILES string of the molecule is CCOc1ccc(CC(=O)N2CCN=C2SCc2cccnc2)cc1. The summed E-state index contributed by atoms with van der Waals surface area (Å²) in [6, 6.07) is 11.6. The predicted molar refractivity (Wildman–Crippen MR) is 101 cm³/mol. The summed E-state index contributed by atoms with van der Waals surface area (Å²) in [5, 5.41) is 0.805. The van der Waals surface area contributed by atoms with E-state index in [1.807, 2.05) is 49.5 Å². The van der Waals surface area contributed by atoms with Crippen LogP contribution in [-0.4, -0.2) is 40.7 Å². The first-order valence-corrected chi connectivity index (χ1v) is 9.33. The van der Waals surface area contributed by atoms with Gasteiger partial charge in [0.15, 0.2) is 5.17 Å². The highest BCUT2D eigenvalue weighted by Crippen LogP contribution is 2.20. The molecule has 2 aromatic rings. The van der Waals surface area contributed by atoms with Gasteiger partial charge in [0.1, 0.15) is 5.75 Å². The van der Waals surface area contributed by atoms with Gasteiger partial charge in [0, 0.05) is 24.7 Å². The number of rotatable bonds is 6. The Morgan fingerprint density at radius 1 is 1.24 bits per heavy atom. The number of nitrogens with zero attached hydrogens (tertiary/aromatic N) is 3. The van der Waals surface area contributed by atoms with Crippen molar-refractivity contribution < 1.29 is 9.53 Å². The molecule has 0 bridgehead atoms. The Balaban J connectivity index is 1.56. The molecule has 0 saturated carbocycles. The number of aliphatic imine (C=N–C) groups is 1. The number of benzene rings is 1. The van der Waals surface area contributed by atoms with Gasteiger partial charge in [-0.05, 0) is 36.2 Å². The second-order valence-electron chi connectivity index (χ2n) is 5.61. The molecule has 5 nitrogen and oxygen atoms in total. The van der Waals surface area contributed by atoms with Crippen LogP contribution in [0.1, 0.15) is 18.1 Å². The summed E-state index contributed by atoms with van der Waals surface area (Å²) in [5.74, 6) is 1.67. The zero-order chi connectivity index (χ0) is 17.5. The molecule has 0 saturated heterocycles. The van der Waals surface area contributed by atoms with E-state index < -0.39 is 0 Å². The number of hydrogen-bond donors (Lipinski definition) is 0. The average molecular weight is 355 g/mol. The number of amides is 1. The number of carbonyl (C=O) groups excluding carboxylic acids is 1. The Bertz CT molecular complexity index is 732. The van der Waals surface area contributed by atoms with Gasteiger partial charge in [-0.25, -0.2) is 0 Å². The van der Waals surface area contributed by atoms with Crippen molar-refractivity contribution in [3.05, 3.63) is 59.9 Å². The summed E-state index contributed by atoms with van der Waals surface area (Å²) in [6.07, 6.45) is 3.97. The van der Waals surface area contributed by atoms with Crippen molar-refractivity contribution in [1.29, 1.82) is 0 Å². The minimum atomic E-state index is 0.0825. The van der Waals surface area contributed by atoms with Gasteiger partial charge < -0.3 is 4.74 Å². The lowest BCUT2D eigenvalue weighted by Gasteiger charge is -2.18. The molecule has 0 atom stereocenters. The Morgan fingerprint density at radius 3 is 2.80 bits per heavy atom. The second-order valence-corrected chi connectivity index (χ2v) is 6.56. The molecule has 0 unspecified atom stereocenters. The molecule has 0 spiro atoms. The lowest BCUT2D eigenvalue weighted by Crippen LogP contribution is -2.34. The highest BCUT2D eigenvalue weighted by molar-refractivity contribution is 8.13. The van der Waals surface area contributed by atoms with Crippen molar-refractivity contribution in [3.63, 3.8) is 0 Å². The van der Waals surface area contributed by atoms with E-state index in [1.165, 1.54) is 0 Å². The Kier molecular flexibility index (Phi) is 6.06. The lowest BCUT2D eigenvalue weighted by molar-refractivity contribution is -0.126. The number of ether oxygens (including phenoxy) is 1. The average Bonchev–Trinajstić information content (AvgIpc) is 3.11. The van der Waals surface area contributed by atoms with Crippen molar-refractivity contribution in [1.82, 2.24) is 9.88 Å². The van der Waals surface area contributed by atoms with Crippen molar-refractivity contribution in [2.75, 3.05) is 19.7 Å². The highest BCUT2D eigenvalue weighted by Gasteiger charge is 2.24. The molecule has 2 heterocycles. The van der Waals surface area contributed by atoms with E-state index in [0.717, 1.165) is 27.8 Å². The summed E-state index contributed by atoms with van der Waals surface area (Å²) < 4.78 is 5.43. The van der Waals surface area contributed by atoms with Gasteiger partial charge in [-0.2, -0.15) is 0 Å². The van der Waals surface area contributed by atoms with Crippen LogP contribution in [-0.2, 0) is 17.0 Å². The second kappa shape index (κ2) is 8.67. The third-order valence-corrected chi connectivity index (χ3v) is 4.87. The number of pyridine rings is 1. The molecule has 1 aliphatic rings. The van der Waals surface area contributed by atoms with Gasteiger partial charge in [0.25, 0.3) is 0 Å². The third kappa shape index (κ3) is 4.82. The van der Waals surface area contributed by atoms with Crippen LogP contribution in [0.25, 0.3) is 0 Å². The Hall–Kier alpha value is -2.34. The molecule has 1 aliphatic heterocycles. The maximum Gasteiger partial charge on any atom is 0.233 e. The zero-order valence-electron chi connectivity index (χ0n) is 14.2. The van der Waals surface area contributed by atoms with Crippen molar-refractivity contribution in [2.24, 2.45) is 4.99 Å². The molecule has 0 fully saturated rings. The molecule has 1 aromatic heterocycles. The molecule has 1 aromatic carbocycles. The van der Waals surface area contributed by atoms with Crippen LogP contribution in [0.15, 0.2) is 53.8 Å². The van der Waals surface area contributed by atoms with Crippen LogP contribution < -0.4 is 4.74 Å². The molecule has 0 aliphatic carbocycles. The van der Waals surface area contributed by atoms with Crippen molar-refractivity contribution in [2.45, 2.75) is 19.1 Å². The zero-order valence-corrected chi connectivity index (χ0v) is 15.0. The molecule has 130 valence electrons. The molecule has 1 amide bonds. The third-order valence-electron chi connectivity index (χ3n) is 3.78. The number of aromatic nitrogens is 1. The minimum absolute atomic E-state index is 0.0825. The van der Waals surface area contributed by atoms with Gasteiger partial charge >= 0.3 is 0 Å². The van der Waals surface area contributed by atoms with E-state index in [4.69, 9.17) is 4.74 Å². The van der Waals surface area contributed by atoms with Gasteiger partial charge in [-0.1, -0.05) is 30.0 Å². The quantitative estimate of drug-likeness (QED) is 0.799. The summed E-state index contributed by atoms with van der Waals surface area (Å²) in [5.41, 5.74) is 2.11. The molecule has 0 radical (unpaired) electrons. The van der Waals surface area contributed by atoms with Crippen LogP contribution in [0.3, 0.4) is 0 Å². The summed E-state index contributed by atoms with van der Waals surface area (Å²) in [4.78, 5) is 23.0. The Labute approximate surface area is 152 Å². The molecule has 25 heavy (non-hydrogen) atoms. The van der Waals surface area contributed by atoms with Gasteiger partial charge in [0.05, 0.1) is 19.6 Å². The molecule has 3 rings (SSSR count). The van der Waals surface area contributed by atoms with Crippen LogP contribution in [0.2, 0.25) is 0 Å².